The Labute approximate surface area is 103 Å². The maximum Gasteiger partial charge on any atom is 0.0957 e. The minimum atomic E-state index is 0.308. The standard InChI is InChI=1S/C14H19N3/c1-11-12(2)17(10-16-11)14(9-15-3)13-7-5-4-6-8-13/h4-8,10,14-15H,9H2,1-3H3. The van der Waals surface area contributed by atoms with Crippen LogP contribution in [-0.2, 0) is 0 Å². The van der Waals surface area contributed by atoms with Gasteiger partial charge in [0, 0.05) is 12.2 Å². The molecule has 1 heterocycles. The van der Waals surface area contributed by atoms with Crippen LogP contribution in [0.5, 0.6) is 0 Å². The average Bonchev–Trinajstić information content (AvgIpc) is 2.69. The van der Waals surface area contributed by atoms with E-state index in [2.05, 4.69) is 46.1 Å². The second kappa shape index (κ2) is 5.15. The average molecular weight is 229 g/mol. The smallest absolute Gasteiger partial charge is 0.0957 e. The minimum Gasteiger partial charge on any atom is -0.326 e. The van der Waals surface area contributed by atoms with Gasteiger partial charge in [0.1, 0.15) is 0 Å². The first kappa shape index (κ1) is 11.9. The zero-order valence-electron chi connectivity index (χ0n) is 10.6. The van der Waals surface area contributed by atoms with Crippen LogP contribution in [-0.4, -0.2) is 23.1 Å². The Hall–Kier alpha value is -1.61. The Morgan fingerprint density at radius 2 is 1.94 bits per heavy atom. The van der Waals surface area contributed by atoms with Gasteiger partial charge in [-0.1, -0.05) is 30.3 Å². The van der Waals surface area contributed by atoms with Gasteiger partial charge in [0.25, 0.3) is 0 Å². The zero-order chi connectivity index (χ0) is 12.3. The fourth-order valence-electron chi connectivity index (χ4n) is 2.08. The topological polar surface area (TPSA) is 29.9 Å². The molecule has 0 fully saturated rings. The molecular formula is C14H19N3. The number of hydrogen-bond acceptors (Lipinski definition) is 2. The lowest BCUT2D eigenvalue weighted by atomic mass is 10.1. The van der Waals surface area contributed by atoms with Crippen molar-refractivity contribution in [3.63, 3.8) is 0 Å². The maximum absolute atomic E-state index is 4.38. The Balaban J connectivity index is 2.39. The summed E-state index contributed by atoms with van der Waals surface area (Å²) >= 11 is 0. The molecule has 1 unspecified atom stereocenters. The summed E-state index contributed by atoms with van der Waals surface area (Å²) in [6.45, 7) is 5.07. The molecule has 90 valence electrons. The molecule has 0 saturated carbocycles. The van der Waals surface area contributed by atoms with Gasteiger partial charge in [-0.2, -0.15) is 0 Å². The highest BCUT2D eigenvalue weighted by molar-refractivity contribution is 5.23. The van der Waals surface area contributed by atoms with Gasteiger partial charge in [0.05, 0.1) is 18.1 Å². The molecule has 1 aromatic heterocycles. The van der Waals surface area contributed by atoms with Crippen LogP contribution < -0.4 is 5.32 Å². The summed E-state index contributed by atoms with van der Waals surface area (Å²) in [5.41, 5.74) is 3.64. The van der Waals surface area contributed by atoms with Crippen molar-refractivity contribution >= 4 is 0 Å². The normalized spacial score (nSPS) is 12.6. The number of nitrogens with one attached hydrogen (secondary N) is 1. The van der Waals surface area contributed by atoms with E-state index >= 15 is 0 Å². The van der Waals surface area contributed by atoms with Gasteiger partial charge in [0.2, 0.25) is 0 Å². The summed E-state index contributed by atoms with van der Waals surface area (Å²) < 4.78 is 2.24. The molecular weight excluding hydrogens is 210 g/mol. The zero-order valence-corrected chi connectivity index (χ0v) is 10.6. The van der Waals surface area contributed by atoms with Crippen LogP contribution in [0.4, 0.5) is 0 Å². The predicted octanol–water partition coefficient (Wildman–Crippen LogP) is 2.31. The van der Waals surface area contributed by atoms with Gasteiger partial charge < -0.3 is 9.88 Å². The van der Waals surface area contributed by atoms with Crippen LogP contribution in [0.3, 0.4) is 0 Å². The van der Waals surface area contributed by atoms with Crippen LogP contribution in [0.25, 0.3) is 0 Å². The number of hydrogen-bond donors (Lipinski definition) is 1. The lowest BCUT2D eigenvalue weighted by Gasteiger charge is -2.20. The highest BCUT2D eigenvalue weighted by atomic mass is 15.1. The molecule has 3 heteroatoms. The van der Waals surface area contributed by atoms with E-state index in [1.54, 1.807) is 0 Å². The quantitative estimate of drug-likeness (QED) is 0.872. The molecule has 0 bridgehead atoms. The van der Waals surface area contributed by atoms with E-state index in [1.165, 1.54) is 11.3 Å². The fraction of sp³-hybridized carbons (Fsp3) is 0.357. The molecule has 1 aromatic carbocycles. The number of rotatable bonds is 4. The molecule has 0 aliphatic rings. The van der Waals surface area contributed by atoms with Gasteiger partial charge in [-0.15, -0.1) is 0 Å². The van der Waals surface area contributed by atoms with Crippen molar-refractivity contribution in [1.29, 1.82) is 0 Å². The summed E-state index contributed by atoms with van der Waals surface area (Å²) in [6, 6.07) is 10.8. The molecule has 0 amide bonds. The summed E-state index contributed by atoms with van der Waals surface area (Å²) in [6.07, 6.45) is 1.93. The van der Waals surface area contributed by atoms with E-state index in [0.29, 0.717) is 6.04 Å². The van der Waals surface area contributed by atoms with Gasteiger partial charge in [0.15, 0.2) is 0 Å². The number of benzene rings is 1. The summed E-state index contributed by atoms with van der Waals surface area (Å²) in [5, 5.41) is 3.25. The molecule has 2 aromatic rings. The molecule has 0 saturated heterocycles. The van der Waals surface area contributed by atoms with Gasteiger partial charge in [-0.3, -0.25) is 0 Å². The molecule has 17 heavy (non-hydrogen) atoms. The number of imidazole rings is 1. The highest BCUT2D eigenvalue weighted by Crippen LogP contribution is 2.20. The van der Waals surface area contributed by atoms with Crippen molar-refractivity contribution in [3.05, 3.63) is 53.6 Å². The number of likely N-dealkylation sites (N-methyl/N-ethyl adjacent to an activating group) is 1. The molecule has 2 rings (SSSR count). The highest BCUT2D eigenvalue weighted by Gasteiger charge is 2.15. The van der Waals surface area contributed by atoms with E-state index in [1.807, 2.05) is 26.4 Å². The molecule has 1 atom stereocenters. The number of nitrogens with zero attached hydrogens (tertiary/aromatic N) is 2. The van der Waals surface area contributed by atoms with Gasteiger partial charge >= 0.3 is 0 Å². The van der Waals surface area contributed by atoms with Gasteiger partial charge in [-0.05, 0) is 26.5 Å². The van der Waals surface area contributed by atoms with E-state index in [0.717, 1.165) is 12.2 Å². The van der Waals surface area contributed by atoms with Crippen LogP contribution in [0.2, 0.25) is 0 Å². The van der Waals surface area contributed by atoms with Crippen molar-refractivity contribution in [3.8, 4) is 0 Å². The molecule has 0 aliphatic heterocycles. The van der Waals surface area contributed by atoms with Crippen molar-refractivity contribution in [2.75, 3.05) is 13.6 Å². The first-order chi connectivity index (χ1) is 8.24. The number of aryl methyl sites for hydroxylation is 1. The summed E-state index contributed by atoms with van der Waals surface area (Å²) in [5.74, 6) is 0. The second-order valence-corrected chi connectivity index (χ2v) is 4.31. The van der Waals surface area contributed by atoms with Crippen LogP contribution >= 0.6 is 0 Å². The Bertz CT molecular complexity index is 473. The molecule has 0 spiro atoms. The lowest BCUT2D eigenvalue weighted by molar-refractivity contribution is 0.539. The van der Waals surface area contributed by atoms with E-state index < -0.39 is 0 Å². The number of aromatic nitrogens is 2. The van der Waals surface area contributed by atoms with Crippen molar-refractivity contribution < 1.29 is 0 Å². The molecule has 1 N–H and O–H groups in total. The van der Waals surface area contributed by atoms with E-state index in [9.17, 15) is 0 Å². The maximum atomic E-state index is 4.38. The van der Waals surface area contributed by atoms with Crippen molar-refractivity contribution in [2.45, 2.75) is 19.9 Å². The second-order valence-electron chi connectivity index (χ2n) is 4.31. The van der Waals surface area contributed by atoms with Crippen molar-refractivity contribution in [2.24, 2.45) is 0 Å². The summed E-state index contributed by atoms with van der Waals surface area (Å²) in [7, 11) is 1.98. The van der Waals surface area contributed by atoms with Crippen LogP contribution in [0.15, 0.2) is 36.7 Å². The minimum absolute atomic E-state index is 0.308. The molecule has 3 nitrogen and oxygen atoms in total. The third-order valence-corrected chi connectivity index (χ3v) is 3.20. The SMILES string of the molecule is CNCC(c1ccccc1)n1cnc(C)c1C. The van der Waals surface area contributed by atoms with Crippen LogP contribution in [0, 0.1) is 13.8 Å². The Morgan fingerprint density at radius 3 is 2.47 bits per heavy atom. The Morgan fingerprint density at radius 1 is 1.24 bits per heavy atom. The van der Waals surface area contributed by atoms with Gasteiger partial charge in [-0.25, -0.2) is 4.98 Å². The van der Waals surface area contributed by atoms with E-state index in [4.69, 9.17) is 0 Å². The Kier molecular flexibility index (Phi) is 3.59. The third-order valence-electron chi connectivity index (χ3n) is 3.20. The van der Waals surface area contributed by atoms with Crippen molar-refractivity contribution in [1.82, 2.24) is 14.9 Å². The van der Waals surface area contributed by atoms with Crippen LogP contribution in [0.1, 0.15) is 23.0 Å². The third kappa shape index (κ3) is 2.39. The fourth-order valence-corrected chi connectivity index (χ4v) is 2.08. The molecule has 0 aliphatic carbocycles. The lowest BCUT2D eigenvalue weighted by Crippen LogP contribution is -2.23. The summed E-state index contributed by atoms with van der Waals surface area (Å²) in [4.78, 5) is 4.38. The predicted molar refractivity (Wildman–Crippen MR) is 70.2 cm³/mol. The first-order valence-corrected chi connectivity index (χ1v) is 5.93. The monoisotopic (exact) mass is 229 g/mol. The first-order valence-electron chi connectivity index (χ1n) is 5.93. The molecule has 0 radical (unpaired) electrons. The van der Waals surface area contributed by atoms with E-state index in [-0.39, 0.29) is 0 Å². The largest absolute Gasteiger partial charge is 0.326 e.